The summed E-state index contributed by atoms with van der Waals surface area (Å²) in [6.45, 7) is 4.08. The number of hydrogen-bond donors (Lipinski definition) is 4. The minimum Gasteiger partial charge on any atom is -0.370 e. The number of nitrogens with zero attached hydrogens (tertiary/aromatic N) is 1. The van der Waals surface area contributed by atoms with E-state index in [0.29, 0.717) is 18.5 Å². The van der Waals surface area contributed by atoms with Crippen LogP contribution in [0.2, 0.25) is 0 Å². The molecule has 0 spiro atoms. The van der Waals surface area contributed by atoms with E-state index >= 15 is 0 Å². The Labute approximate surface area is 115 Å². The van der Waals surface area contributed by atoms with Crippen LogP contribution in [-0.2, 0) is 10.2 Å². The highest BCUT2D eigenvalue weighted by Crippen LogP contribution is 2.17. The molecular weight excluding hydrogens is 266 g/mol. The minimum absolute atomic E-state index is 0.130. The van der Waals surface area contributed by atoms with E-state index in [0.717, 1.165) is 12.8 Å². The molecule has 0 aromatic rings. The second-order valence-electron chi connectivity index (χ2n) is 5.06. The zero-order chi connectivity index (χ0) is 14.3. The van der Waals surface area contributed by atoms with Gasteiger partial charge in [-0.05, 0) is 26.7 Å². The normalized spacial score (nSPS) is 18.2. The lowest BCUT2D eigenvalue weighted by molar-refractivity contribution is 0.555. The van der Waals surface area contributed by atoms with E-state index in [1.54, 1.807) is 13.8 Å². The van der Waals surface area contributed by atoms with Crippen LogP contribution in [0.15, 0.2) is 4.99 Å². The molecule has 1 saturated carbocycles. The Kier molecular flexibility index (Phi) is 6.53. The zero-order valence-electron chi connectivity index (χ0n) is 11.6. The van der Waals surface area contributed by atoms with Gasteiger partial charge in [0.1, 0.15) is 0 Å². The van der Waals surface area contributed by atoms with E-state index in [-0.39, 0.29) is 12.6 Å². The summed E-state index contributed by atoms with van der Waals surface area (Å²) in [4.78, 5) is 4.10. The summed E-state index contributed by atoms with van der Waals surface area (Å²) < 4.78 is 27.7. The van der Waals surface area contributed by atoms with Crippen LogP contribution in [0, 0.1) is 0 Å². The van der Waals surface area contributed by atoms with E-state index < -0.39 is 10.2 Å². The van der Waals surface area contributed by atoms with Gasteiger partial charge in [0, 0.05) is 18.6 Å². The van der Waals surface area contributed by atoms with E-state index in [1.165, 1.54) is 12.8 Å². The van der Waals surface area contributed by atoms with Crippen molar-refractivity contribution < 1.29 is 8.42 Å². The molecule has 0 unspecified atom stereocenters. The number of aliphatic imine (C=N–C) groups is 1. The number of rotatable bonds is 7. The largest absolute Gasteiger partial charge is 0.370 e. The average Bonchev–Trinajstić information content (AvgIpc) is 2.75. The van der Waals surface area contributed by atoms with Crippen LogP contribution in [0.3, 0.4) is 0 Å². The van der Waals surface area contributed by atoms with Gasteiger partial charge in [-0.1, -0.05) is 12.8 Å². The first-order chi connectivity index (χ1) is 8.89. The second kappa shape index (κ2) is 7.66. The monoisotopic (exact) mass is 291 g/mol. The number of nitrogens with two attached hydrogens (primary N) is 1. The molecule has 0 aromatic carbocycles. The lowest BCUT2D eigenvalue weighted by Crippen LogP contribution is -2.42. The Morgan fingerprint density at radius 3 is 2.58 bits per heavy atom. The molecule has 0 radical (unpaired) electrons. The molecule has 8 heteroatoms. The molecule has 0 bridgehead atoms. The number of guanidine groups is 1. The first-order valence-electron chi connectivity index (χ1n) is 6.72. The predicted octanol–water partition coefficient (Wildman–Crippen LogP) is -0.334. The average molecular weight is 291 g/mol. The van der Waals surface area contributed by atoms with Crippen LogP contribution >= 0.6 is 0 Å². The Bertz CT molecular complexity index is 388. The molecule has 112 valence electrons. The summed E-state index contributed by atoms with van der Waals surface area (Å²) >= 11 is 0. The first-order valence-corrected chi connectivity index (χ1v) is 8.21. The van der Waals surface area contributed by atoms with Crippen molar-refractivity contribution in [2.24, 2.45) is 10.7 Å². The molecular formula is C11H25N5O2S. The Morgan fingerprint density at radius 2 is 2.00 bits per heavy atom. The highest BCUT2D eigenvalue weighted by atomic mass is 32.2. The number of nitrogens with one attached hydrogen (secondary N) is 3. The second-order valence-corrected chi connectivity index (χ2v) is 6.59. The third-order valence-electron chi connectivity index (χ3n) is 2.78. The van der Waals surface area contributed by atoms with Gasteiger partial charge < -0.3 is 11.1 Å². The minimum atomic E-state index is -3.43. The van der Waals surface area contributed by atoms with Gasteiger partial charge >= 0.3 is 0 Å². The van der Waals surface area contributed by atoms with E-state index in [4.69, 9.17) is 5.73 Å². The van der Waals surface area contributed by atoms with Gasteiger partial charge in [-0.3, -0.25) is 4.99 Å². The summed E-state index contributed by atoms with van der Waals surface area (Å²) in [6, 6.07) is 0.290. The smallest absolute Gasteiger partial charge is 0.277 e. The first kappa shape index (κ1) is 16.2. The molecule has 0 amide bonds. The maximum atomic E-state index is 11.4. The van der Waals surface area contributed by atoms with Crippen molar-refractivity contribution in [1.29, 1.82) is 0 Å². The summed E-state index contributed by atoms with van der Waals surface area (Å²) in [5, 5.41) is 3.14. The van der Waals surface area contributed by atoms with Gasteiger partial charge in [-0.25, -0.2) is 4.72 Å². The fraction of sp³-hybridized carbons (Fsp3) is 0.909. The van der Waals surface area contributed by atoms with Crippen LogP contribution in [0.25, 0.3) is 0 Å². The molecule has 7 nitrogen and oxygen atoms in total. The van der Waals surface area contributed by atoms with Gasteiger partial charge in [-0.2, -0.15) is 13.1 Å². The summed E-state index contributed by atoms with van der Waals surface area (Å²) in [7, 11) is -3.43. The van der Waals surface area contributed by atoms with Crippen molar-refractivity contribution in [2.75, 3.05) is 13.1 Å². The molecule has 0 aromatic heterocycles. The van der Waals surface area contributed by atoms with E-state index in [2.05, 4.69) is 19.8 Å². The maximum Gasteiger partial charge on any atom is 0.277 e. The van der Waals surface area contributed by atoms with Gasteiger partial charge in [0.15, 0.2) is 5.96 Å². The fourth-order valence-electron chi connectivity index (χ4n) is 2.03. The third kappa shape index (κ3) is 7.34. The van der Waals surface area contributed by atoms with Crippen LogP contribution in [-0.4, -0.2) is 39.6 Å². The maximum absolute atomic E-state index is 11.4. The number of hydrogen-bond acceptors (Lipinski definition) is 3. The molecule has 5 N–H and O–H groups in total. The highest BCUT2D eigenvalue weighted by Gasteiger charge is 2.14. The molecule has 0 atom stereocenters. The topological polar surface area (TPSA) is 109 Å². The van der Waals surface area contributed by atoms with Gasteiger partial charge in [0.25, 0.3) is 10.2 Å². The Balaban J connectivity index is 2.21. The SMILES string of the molecule is CC(C)NS(=O)(=O)NCCN=C(N)NC1CCCC1. The van der Waals surface area contributed by atoms with Gasteiger partial charge in [-0.15, -0.1) is 0 Å². The molecule has 1 aliphatic carbocycles. The van der Waals surface area contributed by atoms with E-state index in [1.807, 2.05) is 0 Å². The van der Waals surface area contributed by atoms with Crippen molar-refractivity contribution >= 4 is 16.2 Å². The van der Waals surface area contributed by atoms with Crippen molar-refractivity contribution in [3.63, 3.8) is 0 Å². The summed E-state index contributed by atoms with van der Waals surface area (Å²) in [5.74, 6) is 0.392. The van der Waals surface area contributed by atoms with Crippen molar-refractivity contribution in [3.05, 3.63) is 0 Å². The standard InChI is InChI=1S/C11H25N5O2S/c1-9(2)16-19(17,18)14-8-7-13-11(12)15-10-5-3-4-6-10/h9-10,14,16H,3-8H2,1-2H3,(H3,12,13,15). The van der Waals surface area contributed by atoms with Crippen LogP contribution in [0.1, 0.15) is 39.5 Å². The summed E-state index contributed by atoms with van der Waals surface area (Å²) in [6.07, 6.45) is 4.71. The quantitative estimate of drug-likeness (QED) is 0.292. The zero-order valence-corrected chi connectivity index (χ0v) is 12.5. The molecule has 1 fully saturated rings. The van der Waals surface area contributed by atoms with Crippen LogP contribution in [0.5, 0.6) is 0 Å². The molecule has 19 heavy (non-hydrogen) atoms. The van der Waals surface area contributed by atoms with E-state index in [9.17, 15) is 8.42 Å². The molecule has 0 heterocycles. The van der Waals surface area contributed by atoms with Gasteiger partial charge in [0.2, 0.25) is 0 Å². The summed E-state index contributed by atoms with van der Waals surface area (Å²) in [5.41, 5.74) is 5.73. The van der Waals surface area contributed by atoms with Crippen molar-refractivity contribution in [3.8, 4) is 0 Å². The Morgan fingerprint density at radius 1 is 1.37 bits per heavy atom. The van der Waals surface area contributed by atoms with Crippen molar-refractivity contribution in [2.45, 2.75) is 51.6 Å². The Hall–Kier alpha value is -0.860. The third-order valence-corrected chi connectivity index (χ3v) is 4.15. The highest BCUT2D eigenvalue weighted by molar-refractivity contribution is 7.87. The molecule has 1 aliphatic rings. The van der Waals surface area contributed by atoms with Crippen molar-refractivity contribution in [1.82, 2.24) is 14.8 Å². The molecule has 1 rings (SSSR count). The predicted molar refractivity (Wildman–Crippen MR) is 77.1 cm³/mol. The lowest BCUT2D eigenvalue weighted by atomic mass is 10.2. The van der Waals surface area contributed by atoms with Crippen LogP contribution in [0.4, 0.5) is 0 Å². The lowest BCUT2D eigenvalue weighted by Gasteiger charge is -2.12. The van der Waals surface area contributed by atoms with Gasteiger partial charge in [0.05, 0.1) is 6.54 Å². The fourth-order valence-corrected chi connectivity index (χ4v) is 3.10. The molecule has 0 aliphatic heterocycles. The molecule has 0 saturated heterocycles. The van der Waals surface area contributed by atoms with Crippen LogP contribution < -0.4 is 20.5 Å².